The molecule has 1 atom stereocenters. The van der Waals surface area contributed by atoms with Gasteiger partial charge in [0.1, 0.15) is 6.04 Å². The summed E-state index contributed by atoms with van der Waals surface area (Å²) >= 11 is 6.01. The third kappa shape index (κ3) is 3.98. The fourth-order valence-corrected chi connectivity index (χ4v) is 3.80. The Morgan fingerprint density at radius 1 is 0.833 bits per heavy atom. The predicted molar refractivity (Wildman–Crippen MR) is 114 cm³/mol. The largest absolute Gasteiger partial charge is 0.350 e. The van der Waals surface area contributed by atoms with Crippen LogP contribution in [0, 0.1) is 0 Å². The van der Waals surface area contributed by atoms with E-state index in [0.717, 1.165) is 16.0 Å². The molecule has 0 saturated carbocycles. The van der Waals surface area contributed by atoms with Crippen LogP contribution in [0.5, 0.6) is 0 Å². The number of nitrogens with one attached hydrogen (secondary N) is 1. The molecule has 4 rings (SSSR count). The lowest BCUT2D eigenvalue weighted by Gasteiger charge is -2.25. The van der Waals surface area contributed by atoms with Crippen molar-refractivity contribution in [2.45, 2.75) is 19.0 Å². The van der Waals surface area contributed by atoms with Gasteiger partial charge in [0.2, 0.25) is 5.91 Å². The molecule has 5 nitrogen and oxygen atoms in total. The van der Waals surface area contributed by atoms with Gasteiger partial charge < -0.3 is 5.32 Å². The molecule has 30 heavy (non-hydrogen) atoms. The van der Waals surface area contributed by atoms with Crippen molar-refractivity contribution in [2.24, 2.45) is 0 Å². The summed E-state index contributed by atoms with van der Waals surface area (Å²) in [5.41, 5.74) is 2.33. The summed E-state index contributed by atoms with van der Waals surface area (Å²) in [6.45, 7) is 0.244. The van der Waals surface area contributed by atoms with Crippen LogP contribution in [0.15, 0.2) is 78.9 Å². The summed E-state index contributed by atoms with van der Waals surface area (Å²) in [6, 6.07) is 22.2. The maximum absolute atomic E-state index is 13.1. The van der Waals surface area contributed by atoms with E-state index < -0.39 is 23.8 Å². The molecule has 0 aromatic heterocycles. The van der Waals surface area contributed by atoms with Crippen molar-refractivity contribution in [2.75, 3.05) is 0 Å². The van der Waals surface area contributed by atoms with Crippen molar-refractivity contribution in [3.05, 3.63) is 106 Å². The first-order valence-electron chi connectivity index (χ1n) is 9.57. The molecule has 150 valence electrons. The molecule has 1 N–H and O–H groups in total. The lowest BCUT2D eigenvalue weighted by molar-refractivity contribution is -0.125. The number of imide groups is 1. The van der Waals surface area contributed by atoms with E-state index in [1.54, 1.807) is 42.5 Å². The third-order valence-electron chi connectivity index (χ3n) is 5.07. The molecule has 0 radical (unpaired) electrons. The lowest BCUT2D eigenvalue weighted by Crippen LogP contribution is -2.50. The number of carbonyl (C=O) groups is 3. The topological polar surface area (TPSA) is 66.5 Å². The van der Waals surface area contributed by atoms with Crippen LogP contribution >= 0.6 is 11.6 Å². The van der Waals surface area contributed by atoms with E-state index in [1.807, 2.05) is 36.4 Å². The van der Waals surface area contributed by atoms with Crippen LogP contribution in [0.1, 0.15) is 31.8 Å². The van der Waals surface area contributed by atoms with E-state index in [1.165, 1.54) is 0 Å². The SMILES string of the molecule is O=C(NCc1cccc(Cl)c1)C(Cc1ccccc1)N1C(=O)c2ccccc2C1=O. The number of nitrogens with zero attached hydrogens (tertiary/aromatic N) is 1. The van der Waals surface area contributed by atoms with Crippen molar-refractivity contribution in [3.63, 3.8) is 0 Å². The molecule has 0 spiro atoms. The maximum Gasteiger partial charge on any atom is 0.262 e. The average molecular weight is 419 g/mol. The van der Waals surface area contributed by atoms with E-state index in [2.05, 4.69) is 5.32 Å². The fraction of sp³-hybridized carbons (Fsp3) is 0.125. The predicted octanol–water partition coefficient (Wildman–Crippen LogP) is 3.86. The zero-order valence-corrected chi connectivity index (χ0v) is 16.8. The molecule has 0 aliphatic carbocycles. The number of amides is 3. The molecule has 6 heteroatoms. The number of hydrogen-bond donors (Lipinski definition) is 1. The molecule has 0 fully saturated rings. The highest BCUT2D eigenvalue weighted by atomic mass is 35.5. The van der Waals surface area contributed by atoms with Gasteiger partial charge in [0, 0.05) is 18.0 Å². The van der Waals surface area contributed by atoms with Crippen LogP contribution < -0.4 is 5.32 Å². The van der Waals surface area contributed by atoms with Crippen molar-refractivity contribution in [1.82, 2.24) is 10.2 Å². The minimum Gasteiger partial charge on any atom is -0.350 e. The Labute approximate surface area is 179 Å². The zero-order chi connectivity index (χ0) is 21.1. The second-order valence-corrected chi connectivity index (χ2v) is 7.52. The highest BCUT2D eigenvalue weighted by Gasteiger charge is 2.42. The summed E-state index contributed by atoms with van der Waals surface area (Å²) < 4.78 is 0. The summed E-state index contributed by atoms with van der Waals surface area (Å²) in [7, 11) is 0. The van der Waals surface area contributed by atoms with Gasteiger partial charge in [-0.2, -0.15) is 0 Å². The van der Waals surface area contributed by atoms with Crippen LogP contribution in [-0.4, -0.2) is 28.7 Å². The Hall–Kier alpha value is -3.44. The van der Waals surface area contributed by atoms with Gasteiger partial charge in [0.25, 0.3) is 11.8 Å². The Balaban J connectivity index is 1.61. The second-order valence-electron chi connectivity index (χ2n) is 7.08. The average Bonchev–Trinajstić information content (AvgIpc) is 3.02. The van der Waals surface area contributed by atoms with Crippen molar-refractivity contribution < 1.29 is 14.4 Å². The van der Waals surface area contributed by atoms with E-state index >= 15 is 0 Å². The fourth-order valence-electron chi connectivity index (χ4n) is 3.58. The number of carbonyl (C=O) groups excluding carboxylic acids is 3. The highest BCUT2D eigenvalue weighted by Crippen LogP contribution is 2.26. The van der Waals surface area contributed by atoms with Crippen LogP contribution in [0.3, 0.4) is 0 Å². The first kappa shape index (κ1) is 19.9. The van der Waals surface area contributed by atoms with Crippen molar-refractivity contribution in [1.29, 1.82) is 0 Å². The van der Waals surface area contributed by atoms with Crippen LogP contribution in [0.25, 0.3) is 0 Å². The molecule has 3 amide bonds. The normalized spacial score (nSPS) is 13.8. The van der Waals surface area contributed by atoms with Gasteiger partial charge in [-0.05, 0) is 35.4 Å². The maximum atomic E-state index is 13.1. The molecule has 1 heterocycles. The van der Waals surface area contributed by atoms with Crippen LogP contribution in [0.2, 0.25) is 5.02 Å². The molecule has 1 unspecified atom stereocenters. The standard InChI is InChI=1S/C24H19ClN2O3/c25-18-10-6-9-17(13-18)15-26-22(28)21(14-16-7-2-1-3-8-16)27-23(29)19-11-4-5-12-20(19)24(27)30/h1-13,21H,14-15H2,(H,26,28). The first-order chi connectivity index (χ1) is 14.5. The first-order valence-corrected chi connectivity index (χ1v) is 9.95. The molecular formula is C24H19ClN2O3. The molecule has 0 saturated heterocycles. The molecule has 3 aromatic carbocycles. The minimum absolute atomic E-state index is 0.230. The van der Waals surface area contributed by atoms with Crippen LogP contribution in [-0.2, 0) is 17.8 Å². The molecule has 0 bridgehead atoms. The number of fused-ring (bicyclic) bond motifs is 1. The summed E-state index contributed by atoms with van der Waals surface area (Å²) in [5, 5.41) is 3.42. The van der Waals surface area contributed by atoms with E-state index in [0.29, 0.717) is 16.1 Å². The molecule has 3 aromatic rings. The number of halogens is 1. The van der Waals surface area contributed by atoms with E-state index in [9.17, 15) is 14.4 Å². The molecular weight excluding hydrogens is 400 g/mol. The van der Waals surface area contributed by atoms with Gasteiger partial charge in [-0.25, -0.2) is 0 Å². The Morgan fingerprint density at radius 3 is 2.07 bits per heavy atom. The Morgan fingerprint density at radius 2 is 1.43 bits per heavy atom. The van der Waals surface area contributed by atoms with Crippen molar-refractivity contribution >= 4 is 29.3 Å². The number of rotatable bonds is 6. The molecule has 1 aliphatic rings. The second kappa shape index (κ2) is 8.51. The third-order valence-corrected chi connectivity index (χ3v) is 5.30. The number of hydrogen-bond acceptors (Lipinski definition) is 3. The summed E-state index contributed by atoms with van der Waals surface area (Å²) in [5.74, 6) is -1.29. The summed E-state index contributed by atoms with van der Waals surface area (Å²) in [6.07, 6.45) is 0.230. The van der Waals surface area contributed by atoms with Gasteiger partial charge in [0.15, 0.2) is 0 Å². The van der Waals surface area contributed by atoms with Gasteiger partial charge in [-0.15, -0.1) is 0 Å². The quantitative estimate of drug-likeness (QED) is 0.618. The highest BCUT2D eigenvalue weighted by molar-refractivity contribution is 6.30. The van der Waals surface area contributed by atoms with Crippen molar-refractivity contribution in [3.8, 4) is 0 Å². The van der Waals surface area contributed by atoms with Gasteiger partial charge in [-0.3, -0.25) is 19.3 Å². The summed E-state index contributed by atoms with van der Waals surface area (Å²) in [4.78, 5) is 40.2. The Kier molecular flexibility index (Phi) is 5.63. The van der Waals surface area contributed by atoms with E-state index in [4.69, 9.17) is 11.6 Å². The van der Waals surface area contributed by atoms with Crippen LogP contribution in [0.4, 0.5) is 0 Å². The van der Waals surface area contributed by atoms with Gasteiger partial charge >= 0.3 is 0 Å². The van der Waals surface area contributed by atoms with E-state index in [-0.39, 0.29) is 13.0 Å². The zero-order valence-electron chi connectivity index (χ0n) is 16.0. The smallest absolute Gasteiger partial charge is 0.262 e. The number of benzene rings is 3. The van der Waals surface area contributed by atoms with Gasteiger partial charge in [-0.1, -0.05) is 66.2 Å². The minimum atomic E-state index is -0.959. The Bertz CT molecular complexity index is 1080. The van der Waals surface area contributed by atoms with Gasteiger partial charge in [0.05, 0.1) is 11.1 Å². The molecule has 1 aliphatic heterocycles. The monoisotopic (exact) mass is 418 g/mol. The lowest BCUT2D eigenvalue weighted by atomic mass is 10.0.